The van der Waals surface area contributed by atoms with Gasteiger partial charge in [0, 0.05) is 18.7 Å². The van der Waals surface area contributed by atoms with E-state index in [1.54, 1.807) is 11.0 Å². The van der Waals surface area contributed by atoms with Gasteiger partial charge in [-0.15, -0.1) is 0 Å². The molecule has 1 amide bonds. The van der Waals surface area contributed by atoms with Crippen LogP contribution in [0.4, 0.5) is 4.39 Å². The summed E-state index contributed by atoms with van der Waals surface area (Å²) in [4.78, 5) is 14.1. The van der Waals surface area contributed by atoms with Crippen LogP contribution < -0.4 is 5.73 Å². The molecule has 1 heterocycles. The molecule has 0 bridgehead atoms. The fourth-order valence-electron chi connectivity index (χ4n) is 2.39. The van der Waals surface area contributed by atoms with E-state index in [-0.39, 0.29) is 18.0 Å². The molecule has 0 spiro atoms. The SMILES string of the molecule is CC1CN(C(=O)c2cc(C#CCN)ccc2F)CC1C. The minimum Gasteiger partial charge on any atom is -0.338 e. The number of hydrogen-bond acceptors (Lipinski definition) is 2. The highest BCUT2D eigenvalue weighted by Crippen LogP contribution is 2.24. The van der Waals surface area contributed by atoms with Crippen molar-refractivity contribution in [1.82, 2.24) is 4.90 Å². The van der Waals surface area contributed by atoms with Crippen LogP contribution in [0.3, 0.4) is 0 Å². The molecule has 4 heteroatoms. The molecule has 1 aromatic rings. The zero-order chi connectivity index (χ0) is 14.7. The van der Waals surface area contributed by atoms with Gasteiger partial charge in [-0.25, -0.2) is 4.39 Å². The molecule has 0 aromatic heterocycles. The molecule has 2 unspecified atom stereocenters. The number of amides is 1. The van der Waals surface area contributed by atoms with Crippen LogP contribution in [0.1, 0.15) is 29.8 Å². The molecule has 2 atom stereocenters. The zero-order valence-electron chi connectivity index (χ0n) is 11.8. The molecule has 2 rings (SSSR count). The molecule has 3 nitrogen and oxygen atoms in total. The Bertz CT molecular complexity index is 564. The second-order valence-corrected chi connectivity index (χ2v) is 5.37. The molecule has 1 fully saturated rings. The van der Waals surface area contributed by atoms with Crippen LogP contribution in [0, 0.1) is 29.5 Å². The lowest BCUT2D eigenvalue weighted by atomic mass is 10.0. The van der Waals surface area contributed by atoms with Gasteiger partial charge in [-0.2, -0.15) is 0 Å². The van der Waals surface area contributed by atoms with E-state index < -0.39 is 5.82 Å². The molecule has 1 aliphatic heterocycles. The summed E-state index contributed by atoms with van der Waals surface area (Å²) in [5, 5.41) is 0. The number of hydrogen-bond donors (Lipinski definition) is 1. The maximum Gasteiger partial charge on any atom is 0.256 e. The molecule has 20 heavy (non-hydrogen) atoms. The van der Waals surface area contributed by atoms with Gasteiger partial charge in [-0.1, -0.05) is 25.7 Å². The van der Waals surface area contributed by atoms with Crippen LogP contribution in [0.2, 0.25) is 0 Å². The first kappa shape index (κ1) is 14.5. The van der Waals surface area contributed by atoms with E-state index in [1.165, 1.54) is 12.1 Å². The van der Waals surface area contributed by atoms with Gasteiger partial charge in [-0.3, -0.25) is 4.79 Å². The second kappa shape index (κ2) is 6.06. The smallest absolute Gasteiger partial charge is 0.256 e. The quantitative estimate of drug-likeness (QED) is 0.795. The zero-order valence-corrected chi connectivity index (χ0v) is 11.8. The van der Waals surface area contributed by atoms with Gasteiger partial charge in [0.15, 0.2) is 0 Å². The molecular formula is C16H19FN2O. The summed E-state index contributed by atoms with van der Waals surface area (Å²) in [5.74, 6) is 5.67. The highest BCUT2D eigenvalue weighted by molar-refractivity contribution is 5.95. The van der Waals surface area contributed by atoms with Gasteiger partial charge in [0.05, 0.1) is 12.1 Å². The molecule has 0 aliphatic carbocycles. The first-order chi connectivity index (χ1) is 9.52. The molecule has 0 radical (unpaired) electrons. The standard InChI is InChI=1S/C16H19FN2O/c1-11-9-19(10-12(11)2)16(20)14-8-13(4-3-7-18)5-6-15(14)17/h5-6,8,11-12H,7,9-10,18H2,1-2H3. The molecule has 106 valence electrons. The number of carbonyl (C=O) groups excluding carboxylic acids is 1. The topological polar surface area (TPSA) is 46.3 Å². The van der Waals surface area contributed by atoms with E-state index in [4.69, 9.17) is 5.73 Å². The number of rotatable bonds is 1. The summed E-state index contributed by atoms with van der Waals surface area (Å²) in [6.45, 7) is 5.81. The summed E-state index contributed by atoms with van der Waals surface area (Å²) in [5.41, 5.74) is 6.02. The van der Waals surface area contributed by atoms with Gasteiger partial charge in [0.2, 0.25) is 0 Å². The monoisotopic (exact) mass is 274 g/mol. The normalized spacial score (nSPS) is 21.5. The van der Waals surface area contributed by atoms with Crippen molar-refractivity contribution in [3.63, 3.8) is 0 Å². The van der Waals surface area contributed by atoms with Crippen molar-refractivity contribution in [2.45, 2.75) is 13.8 Å². The lowest BCUT2D eigenvalue weighted by Crippen LogP contribution is -2.29. The minimum atomic E-state index is -0.500. The fraction of sp³-hybridized carbons (Fsp3) is 0.438. The fourth-order valence-corrected chi connectivity index (χ4v) is 2.39. The van der Waals surface area contributed by atoms with E-state index in [9.17, 15) is 9.18 Å². The van der Waals surface area contributed by atoms with Crippen molar-refractivity contribution < 1.29 is 9.18 Å². The molecule has 2 N–H and O–H groups in total. The van der Waals surface area contributed by atoms with Crippen molar-refractivity contribution in [3.05, 3.63) is 35.1 Å². The van der Waals surface area contributed by atoms with E-state index >= 15 is 0 Å². The Balaban J connectivity index is 2.25. The maximum atomic E-state index is 13.9. The largest absolute Gasteiger partial charge is 0.338 e. The van der Waals surface area contributed by atoms with Crippen molar-refractivity contribution in [2.24, 2.45) is 17.6 Å². The Hall–Kier alpha value is -1.86. The number of nitrogens with two attached hydrogens (primary N) is 1. The predicted molar refractivity (Wildman–Crippen MR) is 76.6 cm³/mol. The average Bonchev–Trinajstić information content (AvgIpc) is 2.77. The van der Waals surface area contributed by atoms with Crippen molar-refractivity contribution >= 4 is 5.91 Å². The number of likely N-dealkylation sites (tertiary alicyclic amines) is 1. The van der Waals surface area contributed by atoms with Crippen molar-refractivity contribution in [2.75, 3.05) is 19.6 Å². The summed E-state index contributed by atoms with van der Waals surface area (Å²) in [6.07, 6.45) is 0. The van der Waals surface area contributed by atoms with Gasteiger partial charge in [0.25, 0.3) is 5.91 Å². The molecule has 1 aromatic carbocycles. The molecular weight excluding hydrogens is 255 g/mol. The van der Waals surface area contributed by atoms with Crippen LogP contribution in [0.15, 0.2) is 18.2 Å². The Labute approximate surface area is 119 Å². The Kier molecular flexibility index (Phi) is 4.41. The van der Waals surface area contributed by atoms with Crippen LogP contribution in [-0.4, -0.2) is 30.4 Å². The van der Waals surface area contributed by atoms with Gasteiger partial charge in [0.1, 0.15) is 5.82 Å². The Morgan fingerprint density at radius 3 is 2.65 bits per heavy atom. The van der Waals surface area contributed by atoms with Crippen molar-refractivity contribution in [1.29, 1.82) is 0 Å². The van der Waals surface area contributed by atoms with Crippen LogP contribution in [0.25, 0.3) is 0 Å². The molecule has 1 aliphatic rings. The summed E-state index contributed by atoms with van der Waals surface area (Å²) in [6, 6.07) is 4.36. The van der Waals surface area contributed by atoms with Crippen LogP contribution >= 0.6 is 0 Å². The van der Waals surface area contributed by atoms with Gasteiger partial charge >= 0.3 is 0 Å². The molecule has 1 saturated heterocycles. The van der Waals surface area contributed by atoms with E-state index in [0.29, 0.717) is 30.5 Å². The first-order valence-corrected chi connectivity index (χ1v) is 6.80. The summed E-state index contributed by atoms with van der Waals surface area (Å²) < 4.78 is 13.9. The lowest BCUT2D eigenvalue weighted by Gasteiger charge is -2.16. The number of carbonyl (C=O) groups is 1. The summed E-state index contributed by atoms with van der Waals surface area (Å²) >= 11 is 0. The van der Waals surface area contributed by atoms with Gasteiger partial charge in [-0.05, 0) is 30.0 Å². The minimum absolute atomic E-state index is 0.0927. The number of halogens is 1. The lowest BCUT2D eigenvalue weighted by molar-refractivity contribution is 0.0780. The third-order valence-corrected chi connectivity index (χ3v) is 3.81. The Morgan fingerprint density at radius 2 is 2.05 bits per heavy atom. The van der Waals surface area contributed by atoms with E-state index in [2.05, 4.69) is 25.7 Å². The van der Waals surface area contributed by atoms with E-state index in [0.717, 1.165) is 0 Å². The third kappa shape index (κ3) is 3.00. The second-order valence-electron chi connectivity index (χ2n) is 5.37. The van der Waals surface area contributed by atoms with Gasteiger partial charge < -0.3 is 10.6 Å². The highest BCUT2D eigenvalue weighted by atomic mass is 19.1. The maximum absolute atomic E-state index is 13.9. The average molecular weight is 274 g/mol. The first-order valence-electron chi connectivity index (χ1n) is 6.80. The predicted octanol–water partition coefficient (Wildman–Crippen LogP) is 1.86. The van der Waals surface area contributed by atoms with E-state index in [1.807, 2.05) is 0 Å². The van der Waals surface area contributed by atoms with Crippen LogP contribution in [0.5, 0.6) is 0 Å². The molecule has 0 saturated carbocycles. The van der Waals surface area contributed by atoms with Crippen LogP contribution in [-0.2, 0) is 0 Å². The summed E-state index contributed by atoms with van der Waals surface area (Å²) in [7, 11) is 0. The Morgan fingerprint density at radius 1 is 1.40 bits per heavy atom. The van der Waals surface area contributed by atoms with Crippen molar-refractivity contribution in [3.8, 4) is 11.8 Å². The highest BCUT2D eigenvalue weighted by Gasteiger charge is 2.30. The number of benzene rings is 1. The number of nitrogens with zero attached hydrogens (tertiary/aromatic N) is 1. The third-order valence-electron chi connectivity index (χ3n) is 3.81.